The molecule has 7 nitrogen and oxygen atoms in total. The van der Waals surface area contributed by atoms with E-state index in [0.29, 0.717) is 25.2 Å². The third kappa shape index (κ3) is 4.98. The van der Waals surface area contributed by atoms with Crippen LogP contribution in [0.15, 0.2) is 53.4 Å². The van der Waals surface area contributed by atoms with E-state index in [1.165, 1.54) is 10.4 Å². The van der Waals surface area contributed by atoms with Crippen LogP contribution in [-0.4, -0.2) is 63.4 Å². The maximum absolute atomic E-state index is 12.9. The van der Waals surface area contributed by atoms with Crippen molar-refractivity contribution in [2.45, 2.75) is 36.6 Å². The number of carbonyl (C=O) groups is 1. The highest BCUT2D eigenvalue weighted by molar-refractivity contribution is 7.89. The molecule has 2 heterocycles. The van der Waals surface area contributed by atoms with Gasteiger partial charge in [-0.05, 0) is 74.7 Å². The van der Waals surface area contributed by atoms with Crippen molar-refractivity contribution < 1.29 is 17.9 Å². The molecule has 2 fully saturated rings. The first-order valence-electron chi connectivity index (χ1n) is 11.3. The van der Waals surface area contributed by atoms with E-state index >= 15 is 0 Å². The Bertz CT molecular complexity index is 1030. The lowest BCUT2D eigenvalue weighted by molar-refractivity contribution is 0.0937. The van der Waals surface area contributed by atoms with Crippen LogP contribution in [0, 0.1) is 0 Å². The fourth-order valence-corrected chi connectivity index (χ4v) is 6.07. The zero-order valence-electron chi connectivity index (χ0n) is 18.5. The summed E-state index contributed by atoms with van der Waals surface area (Å²) in [7, 11) is -1.91. The molecule has 4 rings (SSSR count). The van der Waals surface area contributed by atoms with Gasteiger partial charge in [-0.25, -0.2) is 8.42 Å². The molecular weight excluding hydrogens is 426 g/mol. The summed E-state index contributed by atoms with van der Waals surface area (Å²) in [6.07, 6.45) is 4.05. The quantitative estimate of drug-likeness (QED) is 0.659. The molecule has 8 heteroatoms. The highest BCUT2D eigenvalue weighted by Crippen LogP contribution is 2.27. The number of ether oxygens (including phenoxy) is 1. The van der Waals surface area contributed by atoms with E-state index in [2.05, 4.69) is 10.2 Å². The Labute approximate surface area is 190 Å². The van der Waals surface area contributed by atoms with Crippen LogP contribution >= 0.6 is 0 Å². The van der Waals surface area contributed by atoms with E-state index in [-0.39, 0.29) is 16.8 Å². The van der Waals surface area contributed by atoms with Crippen molar-refractivity contribution in [3.63, 3.8) is 0 Å². The number of hydrogen-bond donors (Lipinski definition) is 1. The summed E-state index contributed by atoms with van der Waals surface area (Å²) >= 11 is 0. The number of nitrogens with one attached hydrogen (secondary N) is 1. The third-order valence-corrected chi connectivity index (χ3v) is 8.23. The van der Waals surface area contributed by atoms with Crippen molar-refractivity contribution in [1.82, 2.24) is 14.5 Å². The first kappa shape index (κ1) is 22.8. The van der Waals surface area contributed by atoms with Gasteiger partial charge in [-0.1, -0.05) is 18.2 Å². The van der Waals surface area contributed by atoms with Crippen LogP contribution in [0.5, 0.6) is 5.75 Å². The van der Waals surface area contributed by atoms with Crippen LogP contribution in [0.1, 0.15) is 47.6 Å². The summed E-state index contributed by atoms with van der Waals surface area (Å²) in [5.41, 5.74) is 1.48. The van der Waals surface area contributed by atoms with Gasteiger partial charge in [-0.15, -0.1) is 0 Å². The fraction of sp³-hybridized carbons (Fsp3) is 0.458. The Morgan fingerprint density at radius 2 is 1.66 bits per heavy atom. The summed E-state index contributed by atoms with van der Waals surface area (Å²) in [6.45, 7) is 3.52. The van der Waals surface area contributed by atoms with Crippen LogP contribution in [0.4, 0.5) is 0 Å². The van der Waals surface area contributed by atoms with Gasteiger partial charge in [0.1, 0.15) is 5.75 Å². The second-order valence-electron chi connectivity index (χ2n) is 8.38. The minimum Gasteiger partial charge on any atom is -0.497 e. The highest BCUT2D eigenvalue weighted by atomic mass is 32.2. The molecule has 2 aliphatic rings. The molecule has 0 spiro atoms. The smallest absolute Gasteiger partial charge is 0.251 e. The van der Waals surface area contributed by atoms with Gasteiger partial charge in [0, 0.05) is 25.2 Å². The molecule has 0 saturated carbocycles. The highest BCUT2D eigenvalue weighted by Gasteiger charge is 2.28. The maximum Gasteiger partial charge on any atom is 0.251 e. The molecule has 2 aromatic carbocycles. The Morgan fingerprint density at radius 3 is 2.31 bits per heavy atom. The van der Waals surface area contributed by atoms with Gasteiger partial charge in [0.05, 0.1) is 18.0 Å². The summed E-state index contributed by atoms with van der Waals surface area (Å²) < 4.78 is 32.5. The number of amides is 1. The van der Waals surface area contributed by atoms with Gasteiger partial charge < -0.3 is 10.1 Å². The average Bonchev–Trinajstić information content (AvgIpc) is 3.55. The van der Waals surface area contributed by atoms with Gasteiger partial charge in [-0.2, -0.15) is 4.31 Å². The minimum atomic E-state index is -3.56. The lowest BCUT2D eigenvalue weighted by atomic mass is 10.0. The van der Waals surface area contributed by atoms with E-state index in [1.54, 1.807) is 25.3 Å². The zero-order valence-corrected chi connectivity index (χ0v) is 19.3. The van der Waals surface area contributed by atoms with E-state index in [4.69, 9.17) is 4.74 Å². The number of carbonyl (C=O) groups excluding carboxylic acids is 1. The van der Waals surface area contributed by atoms with Crippen LogP contribution in [-0.2, 0) is 10.0 Å². The molecule has 0 bridgehead atoms. The maximum atomic E-state index is 12.9. The van der Waals surface area contributed by atoms with Crippen LogP contribution in [0.2, 0.25) is 0 Å². The molecule has 172 valence electrons. The molecule has 0 aromatic heterocycles. The molecular formula is C24H31N3O4S. The molecule has 1 N–H and O–H groups in total. The van der Waals surface area contributed by atoms with Crippen molar-refractivity contribution in [1.29, 1.82) is 0 Å². The van der Waals surface area contributed by atoms with Gasteiger partial charge in [0.25, 0.3) is 5.91 Å². The zero-order chi connectivity index (χ0) is 22.6. The second-order valence-corrected chi connectivity index (χ2v) is 10.3. The second kappa shape index (κ2) is 10.0. The topological polar surface area (TPSA) is 78.9 Å². The number of methoxy groups -OCH3 is 1. The van der Waals surface area contributed by atoms with Gasteiger partial charge in [-0.3, -0.25) is 9.69 Å². The Kier molecular flexibility index (Phi) is 7.13. The van der Waals surface area contributed by atoms with Crippen molar-refractivity contribution in [3.05, 3.63) is 59.7 Å². The standard InChI is InChI=1S/C24H31N3O4S/c1-31-21-11-9-19(10-12-21)23(26-13-2-3-14-26)18-25-24(28)20-7-6-8-22(17-20)32(29,30)27-15-4-5-16-27/h6-12,17,23H,2-5,13-16,18H2,1H3,(H,25,28)/t23-/m0/s1. The van der Waals surface area contributed by atoms with Crippen molar-refractivity contribution in [3.8, 4) is 5.75 Å². The predicted molar refractivity (Wildman–Crippen MR) is 123 cm³/mol. The molecule has 0 unspecified atom stereocenters. The number of sulfonamides is 1. The Hall–Kier alpha value is -2.42. The molecule has 2 saturated heterocycles. The number of rotatable bonds is 8. The lowest BCUT2D eigenvalue weighted by Crippen LogP contribution is -2.37. The largest absolute Gasteiger partial charge is 0.497 e. The number of likely N-dealkylation sites (tertiary alicyclic amines) is 1. The molecule has 0 aliphatic carbocycles. The predicted octanol–water partition coefficient (Wildman–Crippen LogP) is 3.05. The van der Waals surface area contributed by atoms with Crippen LogP contribution in [0.3, 0.4) is 0 Å². The monoisotopic (exact) mass is 457 g/mol. The lowest BCUT2D eigenvalue weighted by Gasteiger charge is -2.28. The summed E-state index contributed by atoms with van der Waals surface area (Å²) in [4.78, 5) is 15.5. The summed E-state index contributed by atoms with van der Waals surface area (Å²) in [5, 5.41) is 3.03. The average molecular weight is 458 g/mol. The van der Waals surface area contributed by atoms with Crippen molar-refractivity contribution >= 4 is 15.9 Å². The molecule has 0 radical (unpaired) electrons. The molecule has 2 aliphatic heterocycles. The first-order chi connectivity index (χ1) is 15.5. The molecule has 1 atom stereocenters. The van der Waals surface area contributed by atoms with Gasteiger partial charge >= 0.3 is 0 Å². The number of hydrogen-bond acceptors (Lipinski definition) is 5. The van der Waals surface area contributed by atoms with Gasteiger partial charge in [0.15, 0.2) is 0 Å². The number of nitrogens with zero attached hydrogens (tertiary/aromatic N) is 2. The van der Waals surface area contributed by atoms with Crippen molar-refractivity contribution in [2.24, 2.45) is 0 Å². The Balaban J connectivity index is 1.48. The summed E-state index contributed by atoms with van der Waals surface area (Å²) in [6, 6.07) is 14.4. The van der Waals surface area contributed by atoms with E-state index < -0.39 is 10.0 Å². The first-order valence-corrected chi connectivity index (χ1v) is 12.7. The summed E-state index contributed by atoms with van der Waals surface area (Å²) in [5.74, 6) is 0.537. The SMILES string of the molecule is COc1ccc([C@H](CNC(=O)c2cccc(S(=O)(=O)N3CCCC3)c2)N2CCCC2)cc1. The molecule has 1 amide bonds. The normalized spacial score (nSPS) is 18.5. The van der Waals surface area contributed by atoms with Crippen LogP contribution in [0.25, 0.3) is 0 Å². The van der Waals surface area contributed by atoms with Crippen LogP contribution < -0.4 is 10.1 Å². The fourth-order valence-electron chi connectivity index (χ4n) is 4.50. The Morgan fingerprint density at radius 1 is 1.00 bits per heavy atom. The number of benzene rings is 2. The van der Waals surface area contributed by atoms with Crippen molar-refractivity contribution in [2.75, 3.05) is 39.8 Å². The van der Waals surface area contributed by atoms with E-state index in [9.17, 15) is 13.2 Å². The minimum absolute atomic E-state index is 0.0591. The molecule has 2 aromatic rings. The van der Waals surface area contributed by atoms with E-state index in [0.717, 1.165) is 50.1 Å². The van der Waals surface area contributed by atoms with Gasteiger partial charge in [0.2, 0.25) is 10.0 Å². The molecule has 32 heavy (non-hydrogen) atoms. The van der Waals surface area contributed by atoms with E-state index in [1.807, 2.05) is 24.3 Å². The third-order valence-electron chi connectivity index (χ3n) is 6.34.